The second kappa shape index (κ2) is 6.58. The van der Waals surface area contributed by atoms with Gasteiger partial charge in [0, 0.05) is 10.7 Å². The van der Waals surface area contributed by atoms with Crippen LogP contribution in [0.4, 0.5) is 11.5 Å². The van der Waals surface area contributed by atoms with Crippen molar-refractivity contribution in [2.75, 3.05) is 17.7 Å². The second-order valence-electron chi connectivity index (χ2n) is 4.43. The number of benzene rings is 1. The minimum atomic E-state index is -0.306. The van der Waals surface area contributed by atoms with Crippen LogP contribution in [0, 0.1) is 6.92 Å². The van der Waals surface area contributed by atoms with Crippen LogP contribution in [0.3, 0.4) is 0 Å². The molecule has 0 fully saturated rings. The first kappa shape index (κ1) is 15.3. The number of rotatable bonds is 4. The Morgan fingerprint density at radius 3 is 2.90 bits per heavy atom. The van der Waals surface area contributed by atoms with Crippen molar-refractivity contribution in [2.45, 2.75) is 13.8 Å². The van der Waals surface area contributed by atoms with E-state index in [-0.39, 0.29) is 5.91 Å². The molecule has 1 heterocycles. The first-order valence-electron chi connectivity index (χ1n) is 6.47. The number of hydrogen-bond acceptors (Lipinski definition) is 4. The molecule has 0 bridgehead atoms. The molecule has 0 saturated carbocycles. The summed E-state index contributed by atoms with van der Waals surface area (Å²) in [5.41, 5.74) is 7.66. The molecule has 0 saturated heterocycles. The molecule has 0 unspecified atom stereocenters. The van der Waals surface area contributed by atoms with Crippen LogP contribution in [0.2, 0.25) is 0 Å². The van der Waals surface area contributed by atoms with Crippen LogP contribution < -0.4 is 15.8 Å². The smallest absolute Gasteiger partial charge is 0.260 e. The predicted molar refractivity (Wildman–Crippen MR) is 86.7 cm³/mol. The number of carbonyl (C=O) groups excluding carboxylic acids is 1. The molecule has 2 aromatic rings. The van der Waals surface area contributed by atoms with Crippen molar-refractivity contribution >= 4 is 33.3 Å². The summed E-state index contributed by atoms with van der Waals surface area (Å²) >= 11 is 3.37. The van der Waals surface area contributed by atoms with Gasteiger partial charge in [0.25, 0.3) is 5.91 Å². The fourth-order valence-corrected chi connectivity index (χ4v) is 2.05. The Labute approximate surface area is 131 Å². The van der Waals surface area contributed by atoms with Gasteiger partial charge in [-0.25, -0.2) is 4.98 Å². The number of nitrogens with zero attached hydrogens (tertiary/aromatic N) is 1. The van der Waals surface area contributed by atoms with E-state index in [0.29, 0.717) is 29.4 Å². The zero-order chi connectivity index (χ0) is 15.4. The molecule has 0 aliphatic carbocycles. The van der Waals surface area contributed by atoms with Gasteiger partial charge in [0.05, 0.1) is 17.9 Å². The van der Waals surface area contributed by atoms with Crippen LogP contribution in [0.25, 0.3) is 0 Å². The van der Waals surface area contributed by atoms with Crippen molar-refractivity contribution in [3.8, 4) is 5.75 Å². The van der Waals surface area contributed by atoms with Crippen LogP contribution in [0.1, 0.15) is 22.8 Å². The van der Waals surface area contributed by atoms with Crippen molar-refractivity contribution in [3.05, 3.63) is 46.1 Å². The summed E-state index contributed by atoms with van der Waals surface area (Å²) in [5.74, 6) is 0.567. The molecule has 6 heteroatoms. The fourth-order valence-electron chi connectivity index (χ4n) is 1.83. The molecule has 1 amide bonds. The normalized spacial score (nSPS) is 10.2. The number of amides is 1. The Balaban J connectivity index is 2.28. The number of ether oxygens (including phenoxy) is 1. The number of hydrogen-bond donors (Lipinski definition) is 2. The monoisotopic (exact) mass is 349 g/mol. The average Bonchev–Trinajstić information content (AvgIpc) is 2.45. The molecule has 5 nitrogen and oxygen atoms in total. The van der Waals surface area contributed by atoms with E-state index in [0.717, 1.165) is 10.0 Å². The molecule has 0 aliphatic heterocycles. The van der Waals surface area contributed by atoms with Gasteiger partial charge in [-0.3, -0.25) is 4.79 Å². The third-order valence-corrected chi connectivity index (χ3v) is 3.70. The van der Waals surface area contributed by atoms with Gasteiger partial charge in [0.1, 0.15) is 5.82 Å². The molecule has 0 aliphatic rings. The van der Waals surface area contributed by atoms with Crippen molar-refractivity contribution in [1.82, 2.24) is 4.98 Å². The summed E-state index contributed by atoms with van der Waals surface area (Å²) < 4.78 is 6.34. The first-order valence-corrected chi connectivity index (χ1v) is 7.27. The van der Waals surface area contributed by atoms with Gasteiger partial charge in [-0.05, 0) is 53.5 Å². The first-order chi connectivity index (χ1) is 10.0. The van der Waals surface area contributed by atoms with E-state index in [2.05, 4.69) is 26.2 Å². The highest BCUT2D eigenvalue weighted by Crippen LogP contribution is 2.27. The third-order valence-electron chi connectivity index (χ3n) is 2.87. The summed E-state index contributed by atoms with van der Waals surface area (Å²) in [6, 6.07) is 6.87. The van der Waals surface area contributed by atoms with Crippen molar-refractivity contribution < 1.29 is 9.53 Å². The van der Waals surface area contributed by atoms with Crippen molar-refractivity contribution in [2.24, 2.45) is 0 Å². The van der Waals surface area contributed by atoms with Crippen LogP contribution >= 0.6 is 15.9 Å². The van der Waals surface area contributed by atoms with Crippen LogP contribution in [-0.4, -0.2) is 17.5 Å². The number of carbonyl (C=O) groups is 1. The Morgan fingerprint density at radius 1 is 1.48 bits per heavy atom. The Bertz CT molecular complexity index is 674. The van der Waals surface area contributed by atoms with E-state index in [1.807, 2.05) is 13.8 Å². The number of pyridine rings is 1. The van der Waals surface area contributed by atoms with Crippen molar-refractivity contribution in [3.63, 3.8) is 0 Å². The summed E-state index contributed by atoms with van der Waals surface area (Å²) in [6.07, 6.45) is 1.65. The van der Waals surface area contributed by atoms with E-state index in [1.165, 1.54) is 0 Å². The van der Waals surface area contributed by atoms with E-state index < -0.39 is 0 Å². The number of nitrogen functional groups attached to an aromatic ring is 1. The largest absolute Gasteiger partial charge is 0.491 e. The Hall–Kier alpha value is -2.08. The highest BCUT2D eigenvalue weighted by Gasteiger charge is 2.15. The summed E-state index contributed by atoms with van der Waals surface area (Å²) in [5, 5.41) is 2.75. The molecule has 3 N–H and O–H groups in total. The highest BCUT2D eigenvalue weighted by atomic mass is 79.9. The quantitative estimate of drug-likeness (QED) is 0.829. The highest BCUT2D eigenvalue weighted by molar-refractivity contribution is 9.10. The number of para-hydroxylation sites is 1. The molecule has 0 atom stereocenters. The molecule has 2 rings (SSSR count). The SMILES string of the molecule is CCOc1c(N)cccc1C(=O)Nc1cc(C)c(Br)cn1. The maximum Gasteiger partial charge on any atom is 0.260 e. The van der Waals surface area contributed by atoms with Gasteiger partial charge >= 0.3 is 0 Å². The number of anilines is 2. The third kappa shape index (κ3) is 3.52. The molecule has 1 aromatic carbocycles. The summed E-state index contributed by atoms with van der Waals surface area (Å²) in [6.45, 7) is 4.20. The maximum atomic E-state index is 12.4. The van der Waals surface area contributed by atoms with E-state index in [4.69, 9.17) is 10.5 Å². The molecular formula is C15H16BrN3O2. The van der Waals surface area contributed by atoms with E-state index >= 15 is 0 Å². The standard InChI is InChI=1S/C15H16BrN3O2/c1-3-21-14-10(5-4-6-12(14)17)15(20)19-13-7-9(2)11(16)8-18-13/h4-8H,3,17H2,1-2H3,(H,18,19,20). The van der Waals surface area contributed by atoms with E-state index in [9.17, 15) is 4.79 Å². The molecule has 1 aromatic heterocycles. The fraction of sp³-hybridized carbons (Fsp3) is 0.200. The minimum Gasteiger partial charge on any atom is -0.491 e. The van der Waals surface area contributed by atoms with Crippen LogP contribution in [-0.2, 0) is 0 Å². The number of nitrogens with one attached hydrogen (secondary N) is 1. The Morgan fingerprint density at radius 2 is 2.24 bits per heavy atom. The van der Waals surface area contributed by atoms with E-state index in [1.54, 1.807) is 30.5 Å². The number of nitrogens with two attached hydrogens (primary N) is 1. The van der Waals surface area contributed by atoms with Gasteiger partial charge in [0.15, 0.2) is 5.75 Å². The Kier molecular flexibility index (Phi) is 4.80. The zero-order valence-corrected chi connectivity index (χ0v) is 13.4. The minimum absolute atomic E-state index is 0.306. The maximum absolute atomic E-state index is 12.4. The van der Waals surface area contributed by atoms with Gasteiger partial charge in [0.2, 0.25) is 0 Å². The molecule has 110 valence electrons. The number of aromatic nitrogens is 1. The molecular weight excluding hydrogens is 334 g/mol. The average molecular weight is 350 g/mol. The lowest BCUT2D eigenvalue weighted by Gasteiger charge is -2.12. The molecule has 21 heavy (non-hydrogen) atoms. The number of halogens is 1. The molecule has 0 spiro atoms. The van der Waals surface area contributed by atoms with Crippen LogP contribution in [0.5, 0.6) is 5.75 Å². The second-order valence-corrected chi connectivity index (χ2v) is 5.28. The van der Waals surface area contributed by atoms with Gasteiger partial charge in [-0.15, -0.1) is 0 Å². The number of aryl methyl sites for hydroxylation is 1. The van der Waals surface area contributed by atoms with Gasteiger partial charge in [-0.2, -0.15) is 0 Å². The van der Waals surface area contributed by atoms with Crippen molar-refractivity contribution in [1.29, 1.82) is 0 Å². The lowest BCUT2D eigenvalue weighted by Crippen LogP contribution is -2.15. The van der Waals surface area contributed by atoms with Gasteiger partial charge in [-0.1, -0.05) is 6.07 Å². The van der Waals surface area contributed by atoms with Gasteiger partial charge < -0.3 is 15.8 Å². The topological polar surface area (TPSA) is 77.2 Å². The predicted octanol–water partition coefficient (Wildman–Crippen LogP) is 3.39. The molecule has 0 radical (unpaired) electrons. The lowest BCUT2D eigenvalue weighted by atomic mass is 10.1. The lowest BCUT2D eigenvalue weighted by molar-refractivity contribution is 0.102. The zero-order valence-electron chi connectivity index (χ0n) is 11.8. The summed E-state index contributed by atoms with van der Waals surface area (Å²) in [7, 11) is 0. The van der Waals surface area contributed by atoms with Crippen LogP contribution in [0.15, 0.2) is 34.9 Å². The summed E-state index contributed by atoms with van der Waals surface area (Å²) in [4.78, 5) is 16.5.